The average molecular weight is 405 g/mol. The molecule has 0 radical (unpaired) electrons. The first-order chi connectivity index (χ1) is 12.6. The van der Waals surface area contributed by atoms with Crippen molar-refractivity contribution in [3.05, 3.63) is 48.0 Å². The van der Waals surface area contributed by atoms with Gasteiger partial charge in [0.15, 0.2) is 11.5 Å². The Kier molecular flexibility index (Phi) is 6.55. The second kappa shape index (κ2) is 8.49. The van der Waals surface area contributed by atoms with Crippen LogP contribution in [-0.2, 0) is 16.4 Å². The molecule has 0 aromatic heterocycles. The fraction of sp³-hybridized carbons (Fsp3) is 0.294. The molecular weight excluding hydrogens is 387 g/mol. The van der Waals surface area contributed by atoms with Crippen LogP contribution in [0, 0.1) is 0 Å². The number of sulfonamides is 1. The Hall–Kier alpha value is -2.46. The van der Waals surface area contributed by atoms with Gasteiger partial charge in [-0.15, -0.1) is 13.2 Å². The lowest BCUT2D eigenvalue weighted by molar-refractivity contribution is -0.274. The van der Waals surface area contributed by atoms with Crippen LogP contribution in [0.2, 0.25) is 0 Å². The predicted molar refractivity (Wildman–Crippen MR) is 91.6 cm³/mol. The normalized spacial score (nSPS) is 11.9. The van der Waals surface area contributed by atoms with Gasteiger partial charge in [-0.3, -0.25) is 0 Å². The van der Waals surface area contributed by atoms with Crippen LogP contribution in [0.3, 0.4) is 0 Å². The average Bonchev–Trinajstić information content (AvgIpc) is 2.60. The number of rotatable bonds is 8. The molecule has 0 atom stereocenters. The highest BCUT2D eigenvalue weighted by Gasteiger charge is 2.31. The molecule has 1 N–H and O–H groups in total. The van der Waals surface area contributed by atoms with Gasteiger partial charge in [-0.2, -0.15) is 0 Å². The molecule has 2 rings (SSSR count). The first-order valence-electron chi connectivity index (χ1n) is 7.71. The Bertz CT molecular complexity index is 867. The molecule has 0 fully saturated rings. The van der Waals surface area contributed by atoms with E-state index in [1.165, 1.54) is 14.2 Å². The maximum atomic E-state index is 12.2. The van der Waals surface area contributed by atoms with Crippen molar-refractivity contribution >= 4 is 10.0 Å². The Balaban J connectivity index is 1.98. The minimum atomic E-state index is -4.84. The van der Waals surface area contributed by atoms with E-state index in [9.17, 15) is 21.6 Å². The minimum Gasteiger partial charge on any atom is -0.493 e. The van der Waals surface area contributed by atoms with Crippen LogP contribution in [0.4, 0.5) is 13.2 Å². The number of hydrogen-bond acceptors (Lipinski definition) is 5. The fourth-order valence-electron chi connectivity index (χ4n) is 2.27. The standard InChI is InChI=1S/C17H18F3NO5S/c1-24-15-8-3-12(11-16(15)25-2)9-10-21-27(22,23)14-6-4-13(5-7-14)26-17(18,19)20/h3-8,11,21H,9-10H2,1-2H3. The van der Waals surface area contributed by atoms with E-state index in [0.29, 0.717) is 17.9 Å². The Morgan fingerprint density at radius 1 is 0.963 bits per heavy atom. The molecule has 2 aromatic carbocycles. The summed E-state index contributed by atoms with van der Waals surface area (Å²) >= 11 is 0. The molecule has 0 aliphatic heterocycles. The van der Waals surface area contributed by atoms with E-state index in [0.717, 1.165) is 29.8 Å². The lowest BCUT2D eigenvalue weighted by atomic mass is 10.1. The summed E-state index contributed by atoms with van der Waals surface area (Å²) in [7, 11) is -0.855. The summed E-state index contributed by atoms with van der Waals surface area (Å²) < 4.78 is 77.3. The highest BCUT2D eigenvalue weighted by molar-refractivity contribution is 7.89. The van der Waals surface area contributed by atoms with Crippen LogP contribution >= 0.6 is 0 Å². The number of benzene rings is 2. The van der Waals surface area contributed by atoms with E-state index < -0.39 is 22.1 Å². The monoisotopic (exact) mass is 405 g/mol. The summed E-state index contributed by atoms with van der Waals surface area (Å²) in [4.78, 5) is -0.163. The van der Waals surface area contributed by atoms with Crippen molar-refractivity contribution in [1.82, 2.24) is 4.72 Å². The Morgan fingerprint density at radius 3 is 2.15 bits per heavy atom. The molecule has 2 aromatic rings. The SMILES string of the molecule is COc1ccc(CCNS(=O)(=O)c2ccc(OC(F)(F)F)cc2)cc1OC. The van der Waals surface area contributed by atoms with Crippen molar-refractivity contribution in [2.75, 3.05) is 20.8 Å². The molecule has 0 amide bonds. The summed E-state index contributed by atoms with van der Waals surface area (Å²) in [5.74, 6) is 0.591. The van der Waals surface area contributed by atoms with Crippen LogP contribution in [0.15, 0.2) is 47.4 Å². The molecule has 0 saturated carbocycles. The molecule has 0 unspecified atom stereocenters. The molecule has 27 heavy (non-hydrogen) atoms. The van der Waals surface area contributed by atoms with Crippen molar-refractivity contribution in [2.24, 2.45) is 0 Å². The van der Waals surface area contributed by atoms with Crippen molar-refractivity contribution < 1.29 is 35.8 Å². The molecule has 148 valence electrons. The zero-order valence-corrected chi connectivity index (χ0v) is 15.4. The van der Waals surface area contributed by atoms with E-state index in [2.05, 4.69) is 9.46 Å². The van der Waals surface area contributed by atoms with Gasteiger partial charge in [-0.05, 0) is 48.4 Å². The van der Waals surface area contributed by atoms with E-state index in [1.54, 1.807) is 18.2 Å². The van der Waals surface area contributed by atoms with Gasteiger partial charge in [-0.1, -0.05) is 6.07 Å². The van der Waals surface area contributed by atoms with Crippen molar-refractivity contribution in [3.8, 4) is 17.2 Å². The van der Waals surface area contributed by atoms with Crippen molar-refractivity contribution in [1.29, 1.82) is 0 Å². The third-order valence-electron chi connectivity index (χ3n) is 3.52. The van der Waals surface area contributed by atoms with Crippen LogP contribution in [-0.4, -0.2) is 35.5 Å². The highest BCUT2D eigenvalue weighted by Crippen LogP contribution is 2.27. The van der Waals surface area contributed by atoms with E-state index in [4.69, 9.17) is 9.47 Å². The van der Waals surface area contributed by atoms with Gasteiger partial charge in [0.2, 0.25) is 10.0 Å². The Morgan fingerprint density at radius 2 is 1.59 bits per heavy atom. The second-order valence-electron chi connectivity index (χ2n) is 5.36. The number of ether oxygens (including phenoxy) is 3. The summed E-state index contributed by atoms with van der Waals surface area (Å²) in [6.07, 6.45) is -4.45. The third-order valence-corrected chi connectivity index (χ3v) is 5.00. The maximum Gasteiger partial charge on any atom is 0.573 e. The van der Waals surface area contributed by atoms with Crippen LogP contribution in [0.1, 0.15) is 5.56 Å². The zero-order chi connectivity index (χ0) is 20.1. The van der Waals surface area contributed by atoms with Gasteiger partial charge in [0.1, 0.15) is 5.75 Å². The molecule has 0 heterocycles. The molecule has 0 aliphatic carbocycles. The molecule has 0 bridgehead atoms. The summed E-state index contributed by atoms with van der Waals surface area (Å²) in [5.41, 5.74) is 0.823. The van der Waals surface area contributed by atoms with Gasteiger partial charge in [0.05, 0.1) is 19.1 Å². The van der Waals surface area contributed by atoms with Gasteiger partial charge >= 0.3 is 6.36 Å². The summed E-state index contributed by atoms with van der Waals surface area (Å²) in [5, 5.41) is 0. The maximum absolute atomic E-state index is 12.2. The number of alkyl halides is 3. The largest absolute Gasteiger partial charge is 0.573 e. The Labute approximate surface area is 154 Å². The summed E-state index contributed by atoms with van der Waals surface area (Å²) in [6.45, 7) is 0.0959. The molecule has 0 aliphatic rings. The van der Waals surface area contributed by atoms with Gasteiger partial charge < -0.3 is 14.2 Å². The van der Waals surface area contributed by atoms with Crippen molar-refractivity contribution in [3.63, 3.8) is 0 Å². The summed E-state index contributed by atoms with van der Waals surface area (Å²) in [6, 6.07) is 9.18. The lowest BCUT2D eigenvalue weighted by Gasteiger charge is -2.11. The van der Waals surface area contributed by atoms with Crippen molar-refractivity contribution in [2.45, 2.75) is 17.7 Å². The smallest absolute Gasteiger partial charge is 0.493 e. The van der Waals surface area contributed by atoms with Crippen LogP contribution in [0.25, 0.3) is 0 Å². The number of methoxy groups -OCH3 is 2. The third kappa shape index (κ3) is 6.04. The number of hydrogen-bond donors (Lipinski definition) is 1. The van der Waals surface area contributed by atoms with E-state index >= 15 is 0 Å². The fourth-order valence-corrected chi connectivity index (χ4v) is 3.30. The second-order valence-corrected chi connectivity index (χ2v) is 7.12. The van der Waals surface area contributed by atoms with Crippen LogP contribution in [0.5, 0.6) is 17.2 Å². The molecule has 6 nitrogen and oxygen atoms in total. The topological polar surface area (TPSA) is 73.9 Å². The molecule has 0 spiro atoms. The highest BCUT2D eigenvalue weighted by atomic mass is 32.2. The van der Waals surface area contributed by atoms with Crippen LogP contribution < -0.4 is 18.9 Å². The molecule has 10 heteroatoms. The zero-order valence-electron chi connectivity index (χ0n) is 14.5. The van der Waals surface area contributed by atoms with Gasteiger partial charge in [-0.25, -0.2) is 13.1 Å². The number of nitrogens with one attached hydrogen (secondary N) is 1. The van der Waals surface area contributed by atoms with Gasteiger partial charge in [0.25, 0.3) is 0 Å². The first kappa shape index (κ1) is 20.8. The minimum absolute atomic E-state index is 0.0959. The number of halogens is 3. The first-order valence-corrected chi connectivity index (χ1v) is 9.19. The van der Waals surface area contributed by atoms with E-state index in [-0.39, 0.29) is 11.4 Å². The molecule has 0 saturated heterocycles. The van der Waals surface area contributed by atoms with E-state index in [1.807, 2.05) is 0 Å². The van der Waals surface area contributed by atoms with Gasteiger partial charge in [0, 0.05) is 6.54 Å². The quantitative estimate of drug-likeness (QED) is 0.731. The predicted octanol–water partition coefficient (Wildman–Crippen LogP) is 3.12. The lowest BCUT2D eigenvalue weighted by Crippen LogP contribution is -2.26. The molecular formula is C17H18F3NO5S.